The Morgan fingerprint density at radius 2 is 0.507 bits per heavy atom. The number of unbranched alkanes of at least 4 members (excludes halogenated alkanes) is 29. The molecule has 0 bridgehead atoms. The van der Waals surface area contributed by atoms with Crippen LogP contribution in [0.4, 0.5) is 0 Å². The molecule has 0 aromatic carbocycles. The molecular weight excluding hydrogens is 877 g/mol. The number of ether oxygens (including phenoxy) is 3. The van der Waals surface area contributed by atoms with Crippen molar-refractivity contribution >= 4 is 17.9 Å². The van der Waals surface area contributed by atoms with Crippen LogP contribution in [0, 0.1) is 0 Å². The molecule has 0 aliphatic heterocycles. The van der Waals surface area contributed by atoms with Gasteiger partial charge in [-0.1, -0.05) is 234 Å². The first-order valence-electron chi connectivity index (χ1n) is 30.1. The Labute approximate surface area is 439 Å². The van der Waals surface area contributed by atoms with Crippen molar-refractivity contribution in [1.82, 2.24) is 0 Å². The van der Waals surface area contributed by atoms with Crippen LogP contribution < -0.4 is 0 Å². The van der Waals surface area contributed by atoms with Crippen molar-refractivity contribution in [3.8, 4) is 0 Å². The molecule has 1 atom stereocenters. The summed E-state index contributed by atoms with van der Waals surface area (Å²) in [7, 11) is 0. The number of esters is 3. The number of carbonyl (C=O) groups is 3. The quantitative estimate of drug-likeness (QED) is 0.0261. The summed E-state index contributed by atoms with van der Waals surface area (Å²) in [4.78, 5) is 38.2. The zero-order valence-electron chi connectivity index (χ0n) is 46.7. The van der Waals surface area contributed by atoms with E-state index in [0.717, 1.165) is 103 Å². The van der Waals surface area contributed by atoms with Crippen LogP contribution in [0.3, 0.4) is 0 Å². The molecule has 0 radical (unpaired) electrons. The molecule has 6 heteroatoms. The van der Waals surface area contributed by atoms with Crippen molar-refractivity contribution in [2.45, 2.75) is 297 Å². The highest BCUT2D eigenvalue weighted by molar-refractivity contribution is 5.71. The fraction of sp³-hybridized carbons (Fsp3) is 0.738. The van der Waals surface area contributed by atoms with E-state index in [2.05, 4.69) is 106 Å². The molecular formula is C65H112O6. The standard InChI is InChI=1S/C65H112O6/c1-4-7-10-13-16-19-22-25-28-31-32-35-37-40-43-46-49-52-55-58-64(67)70-61-62(71-65(68)59-56-53-50-47-44-41-38-34-30-27-24-21-18-15-12-9-6-3)60-69-63(66)57-54-51-48-45-42-39-36-33-29-26-23-20-17-14-11-8-5-2/h16-21,25-30,36,39,62H,4-15,22-24,31-35,37-38,40-61H2,1-3H3/b19-16-,20-17-,21-18-,28-25-,29-26-,30-27-,39-36-/t62-/m0/s1. The molecule has 71 heavy (non-hydrogen) atoms. The molecule has 0 aliphatic rings. The first kappa shape index (κ1) is 67.6. The third-order valence-corrected chi connectivity index (χ3v) is 12.8. The van der Waals surface area contributed by atoms with Crippen LogP contribution in [-0.2, 0) is 28.6 Å². The fourth-order valence-electron chi connectivity index (χ4n) is 8.27. The zero-order chi connectivity index (χ0) is 51.4. The normalized spacial score (nSPS) is 12.7. The molecule has 6 nitrogen and oxygen atoms in total. The second kappa shape index (κ2) is 59.2. The van der Waals surface area contributed by atoms with Crippen molar-refractivity contribution in [1.29, 1.82) is 0 Å². The SMILES string of the molecule is CCCCC/C=C\C/C=C\C/C=C\CCCCCCC(=O)OC[C@@H](COC(=O)CCCCCCCCCCC/C=C\C/C=C\CCCCC)OC(=O)CCCCCCCCC/C=C\C/C=C\CCCCC. The second-order valence-corrected chi connectivity index (χ2v) is 19.9. The van der Waals surface area contributed by atoms with Gasteiger partial charge in [0.1, 0.15) is 13.2 Å². The number of carbonyl (C=O) groups excluding carboxylic acids is 3. The van der Waals surface area contributed by atoms with E-state index in [0.29, 0.717) is 19.3 Å². The lowest BCUT2D eigenvalue weighted by Gasteiger charge is -2.18. The van der Waals surface area contributed by atoms with Gasteiger partial charge in [0, 0.05) is 19.3 Å². The molecule has 0 aliphatic carbocycles. The minimum atomic E-state index is -0.793. The van der Waals surface area contributed by atoms with Gasteiger partial charge in [0.15, 0.2) is 6.10 Å². The molecule has 0 saturated carbocycles. The van der Waals surface area contributed by atoms with E-state index in [4.69, 9.17) is 14.2 Å². The summed E-state index contributed by atoms with van der Waals surface area (Å²) in [5.41, 5.74) is 0. The maximum Gasteiger partial charge on any atom is 0.306 e. The van der Waals surface area contributed by atoms with Crippen molar-refractivity contribution in [3.63, 3.8) is 0 Å². The van der Waals surface area contributed by atoms with Crippen LogP contribution in [-0.4, -0.2) is 37.2 Å². The average molecular weight is 990 g/mol. The predicted octanol–water partition coefficient (Wildman–Crippen LogP) is 20.3. The van der Waals surface area contributed by atoms with E-state index in [9.17, 15) is 14.4 Å². The first-order valence-corrected chi connectivity index (χ1v) is 30.1. The van der Waals surface area contributed by atoms with Gasteiger partial charge < -0.3 is 14.2 Å². The molecule has 0 aromatic rings. The van der Waals surface area contributed by atoms with E-state index in [1.807, 2.05) is 0 Å². The lowest BCUT2D eigenvalue weighted by molar-refractivity contribution is -0.167. The van der Waals surface area contributed by atoms with E-state index in [1.165, 1.54) is 148 Å². The topological polar surface area (TPSA) is 78.9 Å². The summed E-state index contributed by atoms with van der Waals surface area (Å²) >= 11 is 0. The summed E-state index contributed by atoms with van der Waals surface area (Å²) in [6, 6.07) is 0. The maximum absolute atomic E-state index is 12.9. The van der Waals surface area contributed by atoms with Gasteiger partial charge in [-0.3, -0.25) is 14.4 Å². The monoisotopic (exact) mass is 989 g/mol. The summed E-state index contributed by atoms with van der Waals surface area (Å²) in [5, 5.41) is 0. The maximum atomic E-state index is 12.9. The van der Waals surface area contributed by atoms with E-state index in [1.54, 1.807) is 0 Å². The van der Waals surface area contributed by atoms with Gasteiger partial charge in [-0.05, 0) is 122 Å². The molecule has 0 N–H and O–H groups in total. The Balaban J connectivity index is 4.43. The summed E-state index contributed by atoms with van der Waals surface area (Å²) in [5.74, 6) is -0.915. The summed E-state index contributed by atoms with van der Waals surface area (Å²) in [6.45, 7) is 6.55. The van der Waals surface area contributed by atoms with Crippen LogP contribution >= 0.6 is 0 Å². The van der Waals surface area contributed by atoms with Gasteiger partial charge in [0.05, 0.1) is 0 Å². The van der Waals surface area contributed by atoms with Gasteiger partial charge in [-0.25, -0.2) is 0 Å². The van der Waals surface area contributed by atoms with Crippen LogP contribution in [0.1, 0.15) is 290 Å². The third kappa shape index (κ3) is 57.4. The second-order valence-electron chi connectivity index (χ2n) is 19.9. The molecule has 408 valence electrons. The largest absolute Gasteiger partial charge is 0.462 e. The van der Waals surface area contributed by atoms with Gasteiger partial charge in [-0.15, -0.1) is 0 Å². The van der Waals surface area contributed by atoms with Crippen molar-refractivity contribution in [2.24, 2.45) is 0 Å². The summed E-state index contributed by atoms with van der Waals surface area (Å²) in [6.07, 6.45) is 77.1. The minimum Gasteiger partial charge on any atom is -0.462 e. The molecule has 0 fully saturated rings. The van der Waals surface area contributed by atoms with Crippen LogP contribution in [0.5, 0.6) is 0 Å². The lowest BCUT2D eigenvalue weighted by atomic mass is 10.1. The van der Waals surface area contributed by atoms with Gasteiger partial charge in [0.25, 0.3) is 0 Å². The van der Waals surface area contributed by atoms with Gasteiger partial charge >= 0.3 is 17.9 Å². The highest BCUT2D eigenvalue weighted by atomic mass is 16.6. The predicted molar refractivity (Wildman–Crippen MR) is 307 cm³/mol. The average Bonchev–Trinajstić information content (AvgIpc) is 3.37. The first-order chi connectivity index (χ1) is 35.0. The van der Waals surface area contributed by atoms with Gasteiger partial charge in [-0.2, -0.15) is 0 Å². The highest BCUT2D eigenvalue weighted by Crippen LogP contribution is 2.15. The molecule has 0 spiro atoms. The van der Waals surface area contributed by atoms with Crippen LogP contribution in [0.25, 0.3) is 0 Å². The van der Waals surface area contributed by atoms with E-state index in [-0.39, 0.29) is 31.1 Å². The number of rotatable bonds is 54. The highest BCUT2D eigenvalue weighted by Gasteiger charge is 2.19. The Bertz CT molecular complexity index is 1370. The lowest BCUT2D eigenvalue weighted by Crippen LogP contribution is -2.30. The number of hydrogen-bond donors (Lipinski definition) is 0. The fourth-order valence-corrected chi connectivity index (χ4v) is 8.27. The minimum absolute atomic E-state index is 0.0891. The zero-order valence-corrected chi connectivity index (χ0v) is 46.7. The third-order valence-electron chi connectivity index (χ3n) is 12.8. The molecule has 0 amide bonds. The molecule has 0 aromatic heterocycles. The molecule has 0 saturated heterocycles. The smallest absolute Gasteiger partial charge is 0.306 e. The van der Waals surface area contributed by atoms with Crippen molar-refractivity contribution in [3.05, 3.63) is 85.1 Å². The summed E-state index contributed by atoms with van der Waals surface area (Å²) < 4.78 is 16.9. The number of allylic oxidation sites excluding steroid dienone is 14. The Morgan fingerprint density at radius 3 is 0.789 bits per heavy atom. The molecule has 0 rings (SSSR count). The Kier molecular flexibility index (Phi) is 56.3. The van der Waals surface area contributed by atoms with Crippen molar-refractivity contribution < 1.29 is 28.6 Å². The number of hydrogen-bond acceptors (Lipinski definition) is 6. The van der Waals surface area contributed by atoms with E-state index >= 15 is 0 Å². The Morgan fingerprint density at radius 1 is 0.282 bits per heavy atom. The van der Waals surface area contributed by atoms with E-state index < -0.39 is 6.10 Å². The van der Waals surface area contributed by atoms with Gasteiger partial charge in [0.2, 0.25) is 0 Å². The van der Waals surface area contributed by atoms with Crippen molar-refractivity contribution in [2.75, 3.05) is 13.2 Å². The Hall–Kier alpha value is -3.41. The van der Waals surface area contributed by atoms with Crippen LogP contribution in [0.15, 0.2) is 85.1 Å². The molecule has 0 heterocycles. The van der Waals surface area contributed by atoms with Crippen LogP contribution in [0.2, 0.25) is 0 Å². The molecule has 0 unspecified atom stereocenters.